The van der Waals surface area contributed by atoms with Gasteiger partial charge < -0.3 is 25.6 Å². The standard InChI is InChI=1S/C16H18N2O4S.K/c1-16(2,22)12-9-7-11(13(15(20)21)18(9)14(12)19)23-10-6-4-3-5-8(10)17;/h3-6,9,12,22H,7,17H2,1-2H3,(H,20,21);/q;+1/p-1/t9-,12+;/m1./s1. The summed E-state index contributed by atoms with van der Waals surface area (Å²) in [4.78, 5) is 26.3. The number of amides is 1. The number of nitrogens with two attached hydrogens (primary N) is 1. The number of carbonyl (C=O) groups is 2. The maximum absolute atomic E-state index is 12.3. The number of hydrogen-bond donors (Lipinski definition) is 2. The Kier molecular flexibility index (Phi) is 5.91. The number of carboxylic acid groups (broad SMARTS) is 1. The predicted molar refractivity (Wildman–Crippen MR) is 83.8 cm³/mol. The molecule has 2 heterocycles. The van der Waals surface area contributed by atoms with Crippen LogP contribution in [0.4, 0.5) is 5.69 Å². The van der Waals surface area contributed by atoms with Gasteiger partial charge in [-0.25, -0.2) is 0 Å². The number of fused-ring (bicyclic) bond motifs is 1. The molecule has 1 aromatic carbocycles. The summed E-state index contributed by atoms with van der Waals surface area (Å²) in [5.74, 6) is -2.37. The number of carboxylic acids is 1. The molecular weight excluding hydrogens is 355 g/mol. The van der Waals surface area contributed by atoms with E-state index in [0.29, 0.717) is 17.0 Å². The molecule has 1 fully saturated rings. The van der Waals surface area contributed by atoms with Gasteiger partial charge in [0.05, 0.1) is 29.2 Å². The molecule has 122 valence electrons. The molecule has 0 saturated carbocycles. The second-order valence-corrected chi connectivity index (χ2v) is 7.45. The van der Waals surface area contributed by atoms with Gasteiger partial charge in [0, 0.05) is 21.9 Å². The van der Waals surface area contributed by atoms with E-state index in [1.807, 2.05) is 6.07 Å². The Morgan fingerprint density at radius 2 is 2.04 bits per heavy atom. The van der Waals surface area contributed by atoms with Crippen molar-refractivity contribution in [2.45, 2.75) is 36.8 Å². The Morgan fingerprint density at radius 3 is 2.58 bits per heavy atom. The first-order chi connectivity index (χ1) is 10.7. The van der Waals surface area contributed by atoms with Gasteiger partial charge in [-0.05, 0) is 26.0 Å². The summed E-state index contributed by atoms with van der Waals surface area (Å²) in [6.07, 6.45) is 0.378. The zero-order valence-electron chi connectivity index (χ0n) is 13.8. The minimum absolute atomic E-state index is 0. The average molecular weight is 372 g/mol. The molecule has 2 aliphatic heterocycles. The number of anilines is 1. The van der Waals surface area contributed by atoms with Crippen molar-refractivity contribution in [1.29, 1.82) is 0 Å². The van der Waals surface area contributed by atoms with Gasteiger partial charge in [-0.15, -0.1) is 0 Å². The Bertz CT molecular complexity index is 729. The van der Waals surface area contributed by atoms with Crippen molar-refractivity contribution < 1.29 is 71.2 Å². The van der Waals surface area contributed by atoms with Crippen molar-refractivity contribution >= 4 is 29.3 Å². The third-order valence-electron chi connectivity index (χ3n) is 4.23. The van der Waals surface area contributed by atoms with E-state index in [9.17, 15) is 19.8 Å². The summed E-state index contributed by atoms with van der Waals surface area (Å²) in [7, 11) is 0. The second-order valence-electron chi connectivity index (χ2n) is 6.31. The molecule has 0 bridgehead atoms. The summed E-state index contributed by atoms with van der Waals surface area (Å²) in [5.41, 5.74) is 5.15. The van der Waals surface area contributed by atoms with Gasteiger partial charge in [0.15, 0.2) is 0 Å². The second kappa shape index (κ2) is 7.10. The number of rotatable bonds is 4. The summed E-state index contributed by atoms with van der Waals surface area (Å²) < 4.78 is 0. The molecule has 2 aliphatic rings. The molecule has 24 heavy (non-hydrogen) atoms. The minimum atomic E-state index is -1.38. The topological polar surface area (TPSA) is 107 Å². The average Bonchev–Trinajstić information content (AvgIpc) is 2.74. The third kappa shape index (κ3) is 3.33. The van der Waals surface area contributed by atoms with Gasteiger partial charge in [-0.2, -0.15) is 0 Å². The van der Waals surface area contributed by atoms with E-state index in [1.54, 1.807) is 32.0 Å². The number of aliphatic carboxylic acids is 1. The van der Waals surface area contributed by atoms with Gasteiger partial charge in [0.1, 0.15) is 0 Å². The number of hydrogen-bond acceptors (Lipinski definition) is 6. The first kappa shape index (κ1) is 20.0. The number of thioether (sulfide) groups is 1. The molecule has 0 unspecified atom stereocenters. The zero-order valence-corrected chi connectivity index (χ0v) is 17.7. The van der Waals surface area contributed by atoms with Crippen molar-refractivity contribution in [1.82, 2.24) is 4.90 Å². The predicted octanol–water partition coefficient (Wildman–Crippen LogP) is -2.67. The number of benzene rings is 1. The zero-order chi connectivity index (χ0) is 16.9. The van der Waals surface area contributed by atoms with Gasteiger partial charge in [0.2, 0.25) is 5.91 Å². The van der Waals surface area contributed by atoms with Crippen LogP contribution in [0.5, 0.6) is 0 Å². The van der Waals surface area contributed by atoms with Crippen LogP contribution in [-0.4, -0.2) is 33.5 Å². The Balaban J connectivity index is 0.00000208. The minimum Gasteiger partial charge on any atom is -0.543 e. The molecule has 8 heteroatoms. The van der Waals surface area contributed by atoms with Crippen LogP contribution < -0.4 is 62.2 Å². The maximum Gasteiger partial charge on any atom is 1.00 e. The molecule has 1 saturated heterocycles. The van der Waals surface area contributed by atoms with Crippen LogP contribution in [0.2, 0.25) is 0 Å². The third-order valence-corrected chi connectivity index (χ3v) is 5.42. The normalized spacial score (nSPS) is 22.8. The van der Waals surface area contributed by atoms with Crippen LogP contribution in [0.3, 0.4) is 0 Å². The van der Waals surface area contributed by atoms with E-state index < -0.39 is 17.5 Å². The van der Waals surface area contributed by atoms with E-state index in [-0.39, 0.29) is 69.0 Å². The number of aliphatic hydroxyl groups is 1. The van der Waals surface area contributed by atoms with E-state index in [4.69, 9.17) is 5.73 Å². The smallest absolute Gasteiger partial charge is 0.543 e. The van der Waals surface area contributed by atoms with Crippen LogP contribution >= 0.6 is 11.8 Å². The largest absolute Gasteiger partial charge is 1.00 e. The van der Waals surface area contributed by atoms with Crippen molar-refractivity contribution in [2.24, 2.45) is 5.92 Å². The van der Waals surface area contributed by atoms with Crippen molar-refractivity contribution in [3.63, 3.8) is 0 Å². The van der Waals surface area contributed by atoms with Crippen LogP contribution in [0, 0.1) is 5.92 Å². The molecule has 1 aromatic rings. The molecule has 3 rings (SSSR count). The molecule has 1 amide bonds. The van der Waals surface area contributed by atoms with Crippen LogP contribution in [-0.2, 0) is 9.59 Å². The SMILES string of the molecule is CC(C)(O)[C@@H]1C(=O)N2C(C(=O)[O-])=C(Sc3ccccc3N)C[C@H]12.[K+]. The summed E-state index contributed by atoms with van der Waals surface area (Å²) in [6.45, 7) is 3.12. The van der Waals surface area contributed by atoms with Crippen LogP contribution in [0.15, 0.2) is 39.8 Å². The first-order valence-electron chi connectivity index (χ1n) is 7.24. The maximum atomic E-state index is 12.3. The Labute approximate surface area is 186 Å². The first-order valence-corrected chi connectivity index (χ1v) is 8.05. The molecule has 2 atom stereocenters. The van der Waals surface area contributed by atoms with Crippen LogP contribution in [0.25, 0.3) is 0 Å². The van der Waals surface area contributed by atoms with Crippen molar-refractivity contribution in [2.75, 3.05) is 5.73 Å². The molecule has 0 aromatic heterocycles. The molecule has 0 radical (unpaired) electrons. The van der Waals surface area contributed by atoms with E-state index in [2.05, 4.69) is 0 Å². The molecular formula is C16H17KN2O4S. The van der Waals surface area contributed by atoms with Gasteiger partial charge in [-0.3, -0.25) is 4.79 Å². The molecule has 0 spiro atoms. The number of nitrogens with zero attached hydrogens (tertiary/aromatic N) is 1. The summed E-state index contributed by atoms with van der Waals surface area (Å²) >= 11 is 1.23. The van der Waals surface area contributed by atoms with E-state index >= 15 is 0 Å². The fourth-order valence-electron chi connectivity index (χ4n) is 3.23. The molecule has 3 N–H and O–H groups in total. The Hall–Kier alpha value is -0.354. The quantitative estimate of drug-likeness (QED) is 0.339. The van der Waals surface area contributed by atoms with Crippen molar-refractivity contribution in [3.05, 3.63) is 34.9 Å². The van der Waals surface area contributed by atoms with Crippen LogP contribution in [0.1, 0.15) is 20.3 Å². The molecule has 0 aliphatic carbocycles. The van der Waals surface area contributed by atoms with Gasteiger partial charge in [0.25, 0.3) is 0 Å². The van der Waals surface area contributed by atoms with Crippen molar-refractivity contribution in [3.8, 4) is 0 Å². The number of nitrogen functional groups attached to an aromatic ring is 1. The number of β-lactam (4-membered cyclic amide) rings is 1. The van der Waals surface area contributed by atoms with Gasteiger partial charge in [-0.1, -0.05) is 23.9 Å². The van der Waals surface area contributed by atoms with E-state index in [0.717, 1.165) is 4.90 Å². The fourth-order valence-corrected chi connectivity index (χ4v) is 4.36. The van der Waals surface area contributed by atoms with E-state index in [1.165, 1.54) is 16.7 Å². The Morgan fingerprint density at radius 1 is 1.42 bits per heavy atom. The monoisotopic (exact) mass is 372 g/mol. The fraction of sp³-hybridized carbons (Fsp3) is 0.375. The van der Waals surface area contributed by atoms with Gasteiger partial charge >= 0.3 is 51.4 Å². The summed E-state index contributed by atoms with van der Waals surface area (Å²) in [6, 6.07) is 6.79. The number of para-hydroxylation sites is 1. The molecule has 6 nitrogen and oxygen atoms in total. The summed E-state index contributed by atoms with van der Waals surface area (Å²) in [5, 5.41) is 21.7. The number of carbonyl (C=O) groups excluding carboxylic acids is 2.